The van der Waals surface area contributed by atoms with Crippen molar-refractivity contribution in [2.75, 3.05) is 0 Å². The maximum atomic E-state index is 9.72. The summed E-state index contributed by atoms with van der Waals surface area (Å²) < 4.78 is 5.08. The molecule has 1 aromatic carbocycles. The van der Waals surface area contributed by atoms with E-state index in [1.165, 1.54) is 17.4 Å². The van der Waals surface area contributed by atoms with Crippen LogP contribution >= 0.6 is 11.3 Å². The molecule has 0 aliphatic carbocycles. The molecular formula is C12H8N2O3S. The highest BCUT2D eigenvalue weighted by Crippen LogP contribution is 2.35. The summed E-state index contributed by atoms with van der Waals surface area (Å²) in [6.07, 6.45) is 0. The van der Waals surface area contributed by atoms with Gasteiger partial charge in [0.25, 0.3) is 5.89 Å². The summed E-state index contributed by atoms with van der Waals surface area (Å²) in [6.45, 7) is 0. The van der Waals surface area contributed by atoms with E-state index in [0.29, 0.717) is 11.4 Å². The van der Waals surface area contributed by atoms with Crippen LogP contribution in [0, 0.1) is 0 Å². The Morgan fingerprint density at radius 2 is 2.06 bits per heavy atom. The molecule has 2 aromatic heterocycles. The van der Waals surface area contributed by atoms with Gasteiger partial charge in [-0.1, -0.05) is 11.2 Å². The van der Waals surface area contributed by atoms with Gasteiger partial charge in [-0.3, -0.25) is 0 Å². The quantitative estimate of drug-likeness (QED) is 0.692. The molecule has 6 heteroatoms. The van der Waals surface area contributed by atoms with Crippen molar-refractivity contribution in [3.63, 3.8) is 0 Å². The van der Waals surface area contributed by atoms with Crippen LogP contribution in [0.25, 0.3) is 22.8 Å². The maximum Gasteiger partial charge on any atom is 0.262 e. The number of phenolic OH excluding ortho intramolecular Hbond substituents is 2. The Bertz CT molecular complexity index is 676. The lowest BCUT2D eigenvalue weighted by atomic mass is 10.2. The fraction of sp³-hybridized carbons (Fsp3) is 0. The summed E-state index contributed by atoms with van der Waals surface area (Å²) in [5.74, 6) is 0.138. The molecule has 0 unspecified atom stereocenters. The topological polar surface area (TPSA) is 79.4 Å². The van der Waals surface area contributed by atoms with Crippen molar-refractivity contribution in [3.05, 3.63) is 35.0 Å². The Morgan fingerprint density at radius 3 is 2.83 bits per heavy atom. The van der Waals surface area contributed by atoms with E-state index in [1.54, 1.807) is 12.1 Å². The third-order valence-electron chi connectivity index (χ3n) is 2.45. The van der Waals surface area contributed by atoms with Crippen LogP contribution in [0.3, 0.4) is 0 Å². The van der Waals surface area contributed by atoms with E-state index in [0.717, 1.165) is 5.56 Å². The Labute approximate surface area is 106 Å². The summed E-state index contributed by atoms with van der Waals surface area (Å²) in [6, 6.07) is 6.45. The van der Waals surface area contributed by atoms with E-state index in [9.17, 15) is 10.2 Å². The molecule has 18 heavy (non-hydrogen) atoms. The standard InChI is InChI=1S/C12H8N2O3S/c15-9-3-1-2-8(10(9)16)12-13-11(14-17-12)7-4-5-18-6-7/h1-6,15-16H. The van der Waals surface area contributed by atoms with Crippen molar-refractivity contribution in [2.45, 2.75) is 0 Å². The number of aromatic nitrogens is 2. The molecular weight excluding hydrogens is 252 g/mol. The van der Waals surface area contributed by atoms with Crippen LogP contribution in [-0.4, -0.2) is 20.4 Å². The van der Waals surface area contributed by atoms with E-state index in [4.69, 9.17) is 4.52 Å². The van der Waals surface area contributed by atoms with E-state index < -0.39 is 0 Å². The molecule has 0 saturated heterocycles. The van der Waals surface area contributed by atoms with Gasteiger partial charge in [0.1, 0.15) is 0 Å². The molecule has 0 radical (unpaired) electrons. The predicted octanol–water partition coefficient (Wildman–Crippen LogP) is 2.88. The first-order valence-corrected chi connectivity index (χ1v) is 6.07. The Morgan fingerprint density at radius 1 is 1.17 bits per heavy atom. The molecule has 0 aliphatic heterocycles. The lowest BCUT2D eigenvalue weighted by Crippen LogP contribution is -1.80. The lowest BCUT2D eigenvalue weighted by molar-refractivity contribution is 0.397. The Hall–Kier alpha value is -2.34. The lowest BCUT2D eigenvalue weighted by Gasteiger charge is -2.00. The fourth-order valence-corrected chi connectivity index (χ4v) is 2.18. The minimum Gasteiger partial charge on any atom is -0.504 e. The third kappa shape index (κ3) is 1.72. The second-order valence-corrected chi connectivity index (χ2v) is 4.39. The van der Waals surface area contributed by atoms with Gasteiger partial charge in [0.15, 0.2) is 11.5 Å². The monoisotopic (exact) mass is 260 g/mol. The highest BCUT2D eigenvalue weighted by molar-refractivity contribution is 7.08. The molecule has 0 bridgehead atoms. The maximum absolute atomic E-state index is 9.72. The van der Waals surface area contributed by atoms with Crippen LogP contribution < -0.4 is 0 Å². The second kappa shape index (κ2) is 4.15. The fourth-order valence-electron chi connectivity index (χ4n) is 1.55. The second-order valence-electron chi connectivity index (χ2n) is 3.61. The predicted molar refractivity (Wildman–Crippen MR) is 66.4 cm³/mol. The first-order valence-electron chi connectivity index (χ1n) is 5.13. The smallest absolute Gasteiger partial charge is 0.262 e. The van der Waals surface area contributed by atoms with Gasteiger partial charge in [-0.05, 0) is 23.6 Å². The SMILES string of the molecule is Oc1cccc(-c2nc(-c3ccsc3)no2)c1O. The number of hydrogen-bond acceptors (Lipinski definition) is 6. The zero-order valence-corrected chi connectivity index (χ0v) is 9.89. The van der Waals surface area contributed by atoms with Gasteiger partial charge >= 0.3 is 0 Å². The van der Waals surface area contributed by atoms with Crippen molar-refractivity contribution >= 4 is 11.3 Å². The Balaban J connectivity index is 2.06. The summed E-state index contributed by atoms with van der Waals surface area (Å²) in [5.41, 5.74) is 1.17. The van der Waals surface area contributed by atoms with Crippen LogP contribution in [0.15, 0.2) is 39.5 Å². The zero-order valence-electron chi connectivity index (χ0n) is 9.07. The van der Waals surface area contributed by atoms with Crippen LogP contribution in [-0.2, 0) is 0 Å². The van der Waals surface area contributed by atoms with Crippen LogP contribution in [0.5, 0.6) is 11.5 Å². The van der Waals surface area contributed by atoms with Crippen molar-refractivity contribution in [1.29, 1.82) is 0 Å². The van der Waals surface area contributed by atoms with E-state index in [1.807, 2.05) is 16.8 Å². The van der Waals surface area contributed by atoms with Crippen molar-refractivity contribution < 1.29 is 14.7 Å². The van der Waals surface area contributed by atoms with Gasteiger partial charge in [0.2, 0.25) is 5.82 Å². The van der Waals surface area contributed by atoms with Crippen molar-refractivity contribution in [1.82, 2.24) is 10.1 Å². The summed E-state index contributed by atoms with van der Waals surface area (Å²) in [4.78, 5) is 4.18. The molecule has 0 fully saturated rings. The molecule has 2 heterocycles. The third-order valence-corrected chi connectivity index (χ3v) is 3.13. The van der Waals surface area contributed by atoms with Crippen LogP contribution in [0.1, 0.15) is 0 Å². The molecule has 3 aromatic rings. The molecule has 0 spiro atoms. The van der Waals surface area contributed by atoms with Gasteiger partial charge < -0.3 is 14.7 Å². The van der Waals surface area contributed by atoms with Gasteiger partial charge in [0, 0.05) is 10.9 Å². The number of phenols is 2. The molecule has 90 valence electrons. The van der Waals surface area contributed by atoms with Crippen LogP contribution in [0.4, 0.5) is 0 Å². The van der Waals surface area contributed by atoms with Crippen molar-refractivity contribution in [3.8, 4) is 34.3 Å². The zero-order chi connectivity index (χ0) is 12.5. The number of rotatable bonds is 2. The number of nitrogens with zero attached hydrogens (tertiary/aromatic N) is 2. The number of benzene rings is 1. The van der Waals surface area contributed by atoms with Gasteiger partial charge in [-0.25, -0.2) is 0 Å². The van der Waals surface area contributed by atoms with E-state index >= 15 is 0 Å². The summed E-state index contributed by atoms with van der Waals surface area (Å²) in [7, 11) is 0. The molecule has 0 saturated carbocycles. The van der Waals surface area contributed by atoms with Gasteiger partial charge in [-0.2, -0.15) is 16.3 Å². The minimum absolute atomic E-state index is 0.171. The minimum atomic E-state index is -0.266. The van der Waals surface area contributed by atoms with Crippen molar-refractivity contribution in [2.24, 2.45) is 0 Å². The normalized spacial score (nSPS) is 10.7. The number of aromatic hydroxyl groups is 2. The summed E-state index contributed by atoms with van der Waals surface area (Å²) in [5, 5.41) is 26.8. The van der Waals surface area contributed by atoms with Crippen LogP contribution in [0.2, 0.25) is 0 Å². The molecule has 3 rings (SSSR count). The molecule has 0 amide bonds. The average Bonchev–Trinajstić information content (AvgIpc) is 3.01. The highest BCUT2D eigenvalue weighted by Gasteiger charge is 2.15. The first-order chi connectivity index (χ1) is 8.75. The van der Waals surface area contributed by atoms with Gasteiger partial charge in [0.05, 0.1) is 5.56 Å². The number of hydrogen-bond donors (Lipinski definition) is 2. The average molecular weight is 260 g/mol. The molecule has 5 nitrogen and oxygen atoms in total. The number of para-hydroxylation sites is 1. The largest absolute Gasteiger partial charge is 0.504 e. The molecule has 0 aliphatic rings. The van der Waals surface area contributed by atoms with Gasteiger partial charge in [-0.15, -0.1) is 0 Å². The Kier molecular flexibility index (Phi) is 2.49. The highest BCUT2D eigenvalue weighted by atomic mass is 32.1. The summed E-state index contributed by atoms with van der Waals surface area (Å²) >= 11 is 1.53. The first kappa shape index (κ1) is 10.8. The van der Waals surface area contributed by atoms with E-state index in [-0.39, 0.29) is 17.4 Å². The van der Waals surface area contributed by atoms with E-state index in [2.05, 4.69) is 10.1 Å². The number of thiophene rings is 1. The molecule has 0 atom stereocenters. The molecule has 2 N–H and O–H groups in total.